The van der Waals surface area contributed by atoms with E-state index in [1.54, 1.807) is 13.0 Å². The number of likely N-dealkylation sites (N-methyl/N-ethyl adjacent to an activating group) is 1. The van der Waals surface area contributed by atoms with E-state index in [0.717, 1.165) is 43.6 Å². The van der Waals surface area contributed by atoms with Crippen molar-refractivity contribution >= 4 is 5.91 Å². The van der Waals surface area contributed by atoms with Crippen LogP contribution in [0.25, 0.3) is 0 Å². The molecule has 1 amide bonds. The lowest BCUT2D eigenvalue weighted by Gasteiger charge is -2.62. The van der Waals surface area contributed by atoms with E-state index in [4.69, 9.17) is 4.84 Å². The highest BCUT2D eigenvalue weighted by Crippen LogP contribution is 2.61. The number of nitrogens with zero attached hydrogens (tertiary/aromatic N) is 3. The number of phenols is 1. The maximum Gasteiger partial charge on any atom is 0.240 e. The second-order valence-corrected chi connectivity index (χ2v) is 16.2. The third kappa shape index (κ3) is 8.39. The van der Waals surface area contributed by atoms with Crippen LogP contribution in [0, 0.1) is 35.0 Å². The fourth-order valence-corrected chi connectivity index (χ4v) is 8.80. The Balaban J connectivity index is 1.32. The lowest BCUT2D eigenvalue weighted by atomic mass is 9.45. The number of hydrogen-bond donors (Lipinski definition) is 3. The summed E-state index contributed by atoms with van der Waals surface area (Å²) in [4.78, 5) is 24.9. The molecule has 2 aromatic rings. The second kappa shape index (κ2) is 15.0. The molecule has 8 atom stereocenters. The van der Waals surface area contributed by atoms with E-state index < -0.39 is 12.1 Å². The molecule has 3 N–H and O–H groups in total. The molecule has 0 radical (unpaired) electrons. The number of phenolic OH excluding ortho intramolecular Hbond substituents is 1. The second-order valence-electron chi connectivity index (χ2n) is 16.2. The van der Waals surface area contributed by atoms with Crippen molar-refractivity contribution in [1.29, 1.82) is 0 Å². The Labute approximate surface area is 283 Å². The molecule has 6 rings (SSSR count). The van der Waals surface area contributed by atoms with Gasteiger partial charge in [0.1, 0.15) is 11.8 Å². The normalized spacial score (nSPS) is 28.4. The average molecular weight is 649 g/mol. The van der Waals surface area contributed by atoms with Crippen LogP contribution in [0.4, 0.5) is 0 Å². The number of hydrogen-bond acceptors (Lipinski definition) is 7. The molecule has 4 aliphatic rings. The highest BCUT2D eigenvalue weighted by molar-refractivity contribution is 5.82. The molecule has 47 heavy (non-hydrogen) atoms. The lowest BCUT2D eigenvalue weighted by Crippen LogP contribution is -2.62. The molecular weight excluding hydrogens is 588 g/mol. The molecule has 0 aromatic heterocycles. The predicted molar refractivity (Wildman–Crippen MR) is 187 cm³/mol. The Morgan fingerprint density at radius 3 is 2.30 bits per heavy atom. The minimum Gasteiger partial charge on any atom is -0.508 e. The van der Waals surface area contributed by atoms with Gasteiger partial charge in [-0.05, 0) is 98.2 Å². The minimum atomic E-state index is -0.654. The molecule has 3 saturated carbocycles. The number of fused-ring (bicyclic) bond motifs is 2. The Bertz CT molecular complexity index is 1340. The smallest absolute Gasteiger partial charge is 0.240 e. The first kappa shape index (κ1) is 35.8. The quantitative estimate of drug-likeness (QED) is 0.243. The fraction of sp³-hybridized carbons (Fsp3) is 0.667. The number of hydroxylamine groups is 2. The van der Waals surface area contributed by atoms with Crippen molar-refractivity contribution in [2.75, 3.05) is 27.2 Å². The summed E-state index contributed by atoms with van der Waals surface area (Å²) in [5, 5.41) is 26.1. The van der Waals surface area contributed by atoms with Gasteiger partial charge in [0.2, 0.25) is 5.91 Å². The van der Waals surface area contributed by atoms with Gasteiger partial charge in [-0.2, -0.15) is 5.06 Å². The van der Waals surface area contributed by atoms with E-state index in [9.17, 15) is 15.0 Å². The number of nitrogens with one attached hydrogen (secondary N) is 1. The van der Waals surface area contributed by atoms with Gasteiger partial charge in [0, 0.05) is 37.6 Å². The van der Waals surface area contributed by atoms with E-state index in [1.807, 2.05) is 17.2 Å². The van der Waals surface area contributed by atoms with Crippen LogP contribution >= 0.6 is 0 Å². The Morgan fingerprint density at radius 2 is 1.70 bits per heavy atom. The molecule has 4 fully saturated rings. The number of aliphatic hydroxyl groups is 1. The van der Waals surface area contributed by atoms with Crippen LogP contribution in [0.1, 0.15) is 77.5 Å². The molecule has 8 heteroatoms. The lowest BCUT2D eigenvalue weighted by molar-refractivity contribution is -0.161. The molecule has 2 aromatic carbocycles. The third-order valence-corrected chi connectivity index (χ3v) is 11.6. The third-order valence-electron chi connectivity index (χ3n) is 11.6. The Kier molecular flexibility index (Phi) is 11.4. The Morgan fingerprint density at radius 1 is 1.04 bits per heavy atom. The van der Waals surface area contributed by atoms with Gasteiger partial charge in [-0.3, -0.25) is 14.5 Å². The van der Waals surface area contributed by atoms with Gasteiger partial charge in [0.15, 0.2) is 0 Å². The molecule has 3 aliphatic carbocycles. The standard InChI is InChI=1S/C39H60N4O4/c1-25(2)15-32(23-41(7)8)42(21-30-13-10-14-33(45)17-30)20-28-11-9-12-29(16-28)22-43-37(34(24-47-43)27(4)44)38(46)40-36-19-31-18-35(26(36)3)39(31,5)6/h9-14,16-17,25-27,31-32,34-37,44-45H,15,18-24H2,1-8H3,(H,40,46)/t26-,27-,31+,32-,34-,35-,36-,37-/m0/s1. The first-order valence-corrected chi connectivity index (χ1v) is 17.8. The van der Waals surface area contributed by atoms with Crippen molar-refractivity contribution in [2.45, 2.75) is 105 Å². The van der Waals surface area contributed by atoms with Crippen molar-refractivity contribution in [1.82, 2.24) is 20.2 Å². The van der Waals surface area contributed by atoms with Crippen molar-refractivity contribution in [2.24, 2.45) is 35.0 Å². The van der Waals surface area contributed by atoms with Gasteiger partial charge < -0.3 is 20.4 Å². The summed E-state index contributed by atoms with van der Waals surface area (Å²) in [7, 11) is 4.25. The largest absolute Gasteiger partial charge is 0.508 e. The maximum atomic E-state index is 13.9. The molecule has 1 aliphatic heterocycles. The highest BCUT2D eigenvalue weighted by Gasteiger charge is 2.57. The molecule has 260 valence electrons. The molecule has 1 heterocycles. The van der Waals surface area contributed by atoms with Crippen LogP contribution in [-0.4, -0.2) is 82.5 Å². The number of aliphatic hydroxyl groups excluding tert-OH is 1. The first-order valence-electron chi connectivity index (χ1n) is 17.8. The molecule has 8 nitrogen and oxygen atoms in total. The van der Waals surface area contributed by atoms with E-state index in [-0.39, 0.29) is 23.6 Å². The van der Waals surface area contributed by atoms with Crippen LogP contribution in [0.15, 0.2) is 48.5 Å². The monoisotopic (exact) mass is 648 g/mol. The zero-order chi connectivity index (χ0) is 34.0. The number of aromatic hydroxyl groups is 1. The van der Waals surface area contributed by atoms with Gasteiger partial charge in [-0.15, -0.1) is 0 Å². The summed E-state index contributed by atoms with van der Waals surface area (Å²) in [5.74, 6) is 2.25. The summed E-state index contributed by atoms with van der Waals surface area (Å²) in [5.41, 5.74) is 3.72. The van der Waals surface area contributed by atoms with Gasteiger partial charge in [-0.25, -0.2) is 0 Å². The van der Waals surface area contributed by atoms with Crippen molar-refractivity contribution in [3.8, 4) is 5.75 Å². The van der Waals surface area contributed by atoms with E-state index >= 15 is 0 Å². The molecule has 1 saturated heterocycles. The summed E-state index contributed by atoms with van der Waals surface area (Å²) >= 11 is 0. The van der Waals surface area contributed by atoms with Crippen LogP contribution in [0.5, 0.6) is 5.75 Å². The zero-order valence-corrected chi connectivity index (χ0v) is 30.0. The number of benzene rings is 2. The SMILES string of the molecule is CC(C)C[C@@H](CN(C)C)N(Cc1cccc(O)c1)Cc1cccc(CN2OC[C@@H]([C@H](C)O)[C@H]2C(=O)N[C@H]2C[C@H]3C[C@@H]([C@@H]2C)C3(C)C)c1. The molecule has 0 spiro atoms. The molecular formula is C39H60N4O4. The molecule has 0 unspecified atom stereocenters. The molecule has 2 bridgehead atoms. The van der Waals surface area contributed by atoms with Crippen LogP contribution in [-0.2, 0) is 29.3 Å². The van der Waals surface area contributed by atoms with Crippen molar-refractivity contribution < 1.29 is 19.8 Å². The van der Waals surface area contributed by atoms with E-state index in [2.05, 4.69) is 94.2 Å². The maximum absolute atomic E-state index is 13.9. The van der Waals surface area contributed by atoms with Gasteiger partial charge in [0.25, 0.3) is 0 Å². The summed E-state index contributed by atoms with van der Waals surface area (Å²) < 4.78 is 0. The Hall–Kier alpha value is -2.49. The fourth-order valence-electron chi connectivity index (χ4n) is 8.80. The van der Waals surface area contributed by atoms with E-state index in [1.165, 1.54) is 12.0 Å². The average Bonchev–Trinajstić information content (AvgIpc) is 3.41. The van der Waals surface area contributed by atoms with Gasteiger partial charge in [0.05, 0.1) is 19.3 Å². The van der Waals surface area contributed by atoms with Crippen LogP contribution in [0.3, 0.4) is 0 Å². The van der Waals surface area contributed by atoms with Crippen LogP contribution < -0.4 is 5.32 Å². The van der Waals surface area contributed by atoms with Crippen molar-refractivity contribution in [3.63, 3.8) is 0 Å². The van der Waals surface area contributed by atoms with Gasteiger partial charge >= 0.3 is 0 Å². The van der Waals surface area contributed by atoms with E-state index in [0.29, 0.717) is 48.3 Å². The highest BCUT2D eigenvalue weighted by atomic mass is 16.7. The minimum absolute atomic E-state index is 0.0296. The number of amides is 1. The zero-order valence-electron chi connectivity index (χ0n) is 30.0. The number of carbonyl (C=O) groups is 1. The van der Waals surface area contributed by atoms with Gasteiger partial charge in [-0.1, -0.05) is 71.0 Å². The number of rotatable bonds is 14. The van der Waals surface area contributed by atoms with Crippen molar-refractivity contribution in [3.05, 3.63) is 65.2 Å². The first-order chi connectivity index (χ1) is 22.2. The summed E-state index contributed by atoms with van der Waals surface area (Å²) in [6.45, 7) is 16.6. The summed E-state index contributed by atoms with van der Waals surface area (Å²) in [6, 6.07) is 16.1. The predicted octanol–water partition coefficient (Wildman–Crippen LogP) is 5.67. The number of carbonyl (C=O) groups excluding carboxylic acids is 1. The summed E-state index contributed by atoms with van der Waals surface area (Å²) in [6.07, 6.45) is 2.70. The van der Waals surface area contributed by atoms with Crippen LogP contribution in [0.2, 0.25) is 0 Å². The topological polar surface area (TPSA) is 88.5 Å².